The minimum atomic E-state index is 0.381. The Morgan fingerprint density at radius 3 is 2.42 bits per heavy atom. The SMILES string of the molecule is CC(C)C(C)SC1CC(c2ccccc2)CCC1N. The normalized spacial score (nSPS) is 29.4. The summed E-state index contributed by atoms with van der Waals surface area (Å²) in [6.07, 6.45) is 3.66. The summed E-state index contributed by atoms with van der Waals surface area (Å²) in [5.74, 6) is 1.44. The van der Waals surface area contributed by atoms with E-state index in [2.05, 4.69) is 62.9 Å². The topological polar surface area (TPSA) is 26.0 Å². The molecule has 4 unspecified atom stereocenters. The third-order valence-electron chi connectivity index (χ3n) is 4.44. The summed E-state index contributed by atoms with van der Waals surface area (Å²) in [6, 6.07) is 11.3. The van der Waals surface area contributed by atoms with Crippen molar-refractivity contribution in [1.82, 2.24) is 0 Å². The Hall–Kier alpha value is -0.470. The van der Waals surface area contributed by atoms with Crippen LogP contribution >= 0.6 is 11.8 Å². The lowest BCUT2D eigenvalue weighted by Crippen LogP contribution is -2.39. The summed E-state index contributed by atoms with van der Waals surface area (Å²) in [5, 5.41) is 1.32. The van der Waals surface area contributed by atoms with Crippen LogP contribution in [-0.4, -0.2) is 16.5 Å². The Labute approximate surface area is 122 Å². The van der Waals surface area contributed by atoms with Gasteiger partial charge in [0.05, 0.1) is 0 Å². The molecule has 1 aliphatic carbocycles. The average Bonchev–Trinajstić information content (AvgIpc) is 2.42. The molecule has 1 fully saturated rings. The van der Waals surface area contributed by atoms with Crippen LogP contribution in [0.2, 0.25) is 0 Å². The monoisotopic (exact) mass is 277 g/mol. The van der Waals surface area contributed by atoms with Crippen molar-refractivity contribution in [2.24, 2.45) is 11.7 Å². The van der Waals surface area contributed by atoms with Crippen LogP contribution < -0.4 is 5.73 Å². The molecule has 1 nitrogen and oxygen atoms in total. The molecule has 1 saturated carbocycles. The number of hydrogen-bond donors (Lipinski definition) is 1. The van der Waals surface area contributed by atoms with Crippen LogP contribution in [-0.2, 0) is 0 Å². The first-order valence-corrected chi connectivity index (χ1v) is 8.48. The van der Waals surface area contributed by atoms with Crippen LogP contribution in [0.3, 0.4) is 0 Å². The highest BCUT2D eigenvalue weighted by Gasteiger charge is 2.30. The molecule has 106 valence electrons. The Morgan fingerprint density at radius 2 is 1.79 bits per heavy atom. The predicted molar refractivity (Wildman–Crippen MR) is 86.7 cm³/mol. The molecule has 2 N–H and O–H groups in total. The van der Waals surface area contributed by atoms with Gasteiger partial charge < -0.3 is 5.73 Å². The van der Waals surface area contributed by atoms with Crippen LogP contribution in [0.5, 0.6) is 0 Å². The smallest absolute Gasteiger partial charge is 0.0207 e. The van der Waals surface area contributed by atoms with Crippen molar-refractivity contribution in [2.75, 3.05) is 0 Å². The molecule has 1 aromatic rings. The minimum Gasteiger partial charge on any atom is -0.327 e. The van der Waals surface area contributed by atoms with Gasteiger partial charge in [0, 0.05) is 16.5 Å². The van der Waals surface area contributed by atoms with Gasteiger partial charge in [-0.3, -0.25) is 0 Å². The van der Waals surface area contributed by atoms with Crippen molar-refractivity contribution in [1.29, 1.82) is 0 Å². The summed E-state index contributed by atoms with van der Waals surface area (Å²) in [4.78, 5) is 0. The van der Waals surface area contributed by atoms with Crippen molar-refractivity contribution >= 4 is 11.8 Å². The molecule has 0 aliphatic heterocycles. The number of hydrogen-bond acceptors (Lipinski definition) is 2. The second kappa shape index (κ2) is 6.81. The van der Waals surface area contributed by atoms with E-state index in [9.17, 15) is 0 Å². The van der Waals surface area contributed by atoms with E-state index in [0.29, 0.717) is 22.5 Å². The van der Waals surface area contributed by atoms with Crippen molar-refractivity contribution in [3.63, 3.8) is 0 Å². The van der Waals surface area contributed by atoms with Crippen LogP contribution in [0.15, 0.2) is 30.3 Å². The number of nitrogens with two attached hydrogens (primary N) is 1. The van der Waals surface area contributed by atoms with E-state index < -0.39 is 0 Å². The third kappa shape index (κ3) is 4.00. The van der Waals surface area contributed by atoms with Crippen molar-refractivity contribution < 1.29 is 0 Å². The second-order valence-corrected chi connectivity index (χ2v) is 7.83. The minimum absolute atomic E-state index is 0.381. The molecule has 0 heterocycles. The molecule has 0 radical (unpaired) electrons. The molecule has 2 rings (SSSR count). The van der Waals surface area contributed by atoms with E-state index in [1.807, 2.05) is 0 Å². The Morgan fingerprint density at radius 1 is 1.11 bits per heavy atom. The molecule has 0 amide bonds. The quantitative estimate of drug-likeness (QED) is 0.881. The van der Waals surface area contributed by atoms with Gasteiger partial charge in [0.1, 0.15) is 0 Å². The van der Waals surface area contributed by atoms with Gasteiger partial charge in [-0.05, 0) is 36.7 Å². The third-order valence-corrected chi connectivity index (χ3v) is 6.31. The molecule has 19 heavy (non-hydrogen) atoms. The van der Waals surface area contributed by atoms with Crippen molar-refractivity contribution in [2.45, 2.75) is 62.5 Å². The van der Waals surface area contributed by atoms with Gasteiger partial charge >= 0.3 is 0 Å². The largest absolute Gasteiger partial charge is 0.327 e. The van der Waals surface area contributed by atoms with E-state index in [1.165, 1.54) is 24.8 Å². The molecule has 1 aromatic carbocycles. The number of thioether (sulfide) groups is 1. The second-order valence-electron chi connectivity index (χ2n) is 6.21. The molecular formula is C17H27NS. The molecule has 0 spiro atoms. The molecular weight excluding hydrogens is 250 g/mol. The zero-order valence-corrected chi connectivity index (χ0v) is 13.2. The lowest BCUT2D eigenvalue weighted by atomic mass is 9.82. The fourth-order valence-corrected chi connectivity index (χ4v) is 4.32. The van der Waals surface area contributed by atoms with Gasteiger partial charge in [0.15, 0.2) is 0 Å². The van der Waals surface area contributed by atoms with Crippen LogP contribution in [0, 0.1) is 5.92 Å². The summed E-state index contributed by atoms with van der Waals surface area (Å²) < 4.78 is 0. The molecule has 0 saturated heterocycles. The highest BCUT2D eigenvalue weighted by Crippen LogP contribution is 2.39. The zero-order valence-electron chi connectivity index (χ0n) is 12.4. The fourth-order valence-electron chi connectivity index (χ4n) is 2.77. The molecule has 0 aromatic heterocycles. The first-order valence-electron chi connectivity index (χ1n) is 7.54. The fraction of sp³-hybridized carbons (Fsp3) is 0.647. The maximum Gasteiger partial charge on any atom is 0.0207 e. The van der Waals surface area contributed by atoms with Crippen LogP contribution in [0.1, 0.15) is 51.5 Å². The maximum atomic E-state index is 6.35. The van der Waals surface area contributed by atoms with Gasteiger partial charge in [0.2, 0.25) is 0 Å². The number of rotatable bonds is 4. The first kappa shape index (κ1) is 14.9. The molecule has 0 bridgehead atoms. The van der Waals surface area contributed by atoms with Crippen LogP contribution in [0.4, 0.5) is 0 Å². The lowest BCUT2D eigenvalue weighted by Gasteiger charge is -2.36. The van der Waals surface area contributed by atoms with E-state index in [4.69, 9.17) is 5.73 Å². The highest BCUT2D eigenvalue weighted by molar-refractivity contribution is 8.00. The Bertz CT molecular complexity index is 376. The van der Waals surface area contributed by atoms with Gasteiger partial charge in [-0.15, -0.1) is 0 Å². The van der Waals surface area contributed by atoms with Gasteiger partial charge in [-0.25, -0.2) is 0 Å². The molecule has 1 aliphatic rings. The summed E-state index contributed by atoms with van der Waals surface area (Å²) in [5.41, 5.74) is 7.84. The Kier molecular flexibility index (Phi) is 5.35. The van der Waals surface area contributed by atoms with Crippen LogP contribution in [0.25, 0.3) is 0 Å². The van der Waals surface area contributed by atoms with E-state index >= 15 is 0 Å². The van der Waals surface area contributed by atoms with Gasteiger partial charge in [-0.1, -0.05) is 51.1 Å². The van der Waals surface area contributed by atoms with E-state index in [0.717, 1.165) is 5.92 Å². The number of benzene rings is 1. The zero-order chi connectivity index (χ0) is 13.8. The predicted octanol–water partition coefficient (Wildman–Crippen LogP) is 4.43. The summed E-state index contributed by atoms with van der Waals surface area (Å²) in [6.45, 7) is 6.95. The molecule has 4 atom stereocenters. The summed E-state index contributed by atoms with van der Waals surface area (Å²) >= 11 is 2.11. The summed E-state index contributed by atoms with van der Waals surface area (Å²) in [7, 11) is 0. The lowest BCUT2D eigenvalue weighted by molar-refractivity contribution is 0.404. The van der Waals surface area contributed by atoms with Gasteiger partial charge in [-0.2, -0.15) is 11.8 Å². The average molecular weight is 277 g/mol. The standard InChI is InChI=1S/C17H27NS/c1-12(2)13(3)19-17-11-15(9-10-16(17)18)14-7-5-4-6-8-14/h4-8,12-13,15-17H,9-11,18H2,1-3H3. The van der Waals surface area contributed by atoms with Crippen molar-refractivity contribution in [3.8, 4) is 0 Å². The Balaban J connectivity index is 2.00. The maximum absolute atomic E-state index is 6.35. The van der Waals surface area contributed by atoms with Crippen molar-refractivity contribution in [3.05, 3.63) is 35.9 Å². The first-order chi connectivity index (χ1) is 9.08. The van der Waals surface area contributed by atoms with Gasteiger partial charge in [0.25, 0.3) is 0 Å². The van der Waals surface area contributed by atoms with E-state index in [-0.39, 0.29) is 0 Å². The highest BCUT2D eigenvalue weighted by atomic mass is 32.2. The van der Waals surface area contributed by atoms with E-state index in [1.54, 1.807) is 0 Å². The molecule has 2 heteroatoms.